The van der Waals surface area contributed by atoms with Crippen LogP contribution < -0.4 is 4.74 Å². The van der Waals surface area contributed by atoms with Crippen LogP contribution in [-0.4, -0.2) is 53.4 Å². The van der Waals surface area contributed by atoms with E-state index in [0.29, 0.717) is 0 Å². The van der Waals surface area contributed by atoms with E-state index in [0.717, 1.165) is 60.9 Å². The number of aromatic carboxylic acids is 1. The van der Waals surface area contributed by atoms with Crippen molar-refractivity contribution in [2.75, 3.05) is 6.54 Å². The van der Waals surface area contributed by atoms with Crippen molar-refractivity contribution >= 4 is 5.97 Å². The standard InChI is InChI=1S/C28H30N6O3/c1-3-21-16-33(15-19-8-4-5-10-26(19)37-21)14-18-7-6-9-20(11-18)34-27(24(13-29-34)28(35)36)23-12-22(23)25-17-32(2)31-30-25/h4-11,13,17,21-23H,3,12,14-16H2,1-2H3,(H,35,36)/t21-,22-,23?/m1/s1. The molecule has 1 unspecified atom stereocenters. The fourth-order valence-corrected chi connectivity index (χ4v) is 5.38. The Kier molecular flexibility index (Phi) is 6.00. The van der Waals surface area contributed by atoms with Gasteiger partial charge in [-0.25, -0.2) is 9.48 Å². The van der Waals surface area contributed by atoms with Gasteiger partial charge < -0.3 is 9.84 Å². The summed E-state index contributed by atoms with van der Waals surface area (Å²) in [5.41, 5.74) is 5.06. The summed E-state index contributed by atoms with van der Waals surface area (Å²) < 4.78 is 9.74. The molecule has 2 aromatic heterocycles. The smallest absolute Gasteiger partial charge is 0.339 e. The number of fused-ring (bicyclic) bond motifs is 1. The van der Waals surface area contributed by atoms with Gasteiger partial charge in [-0.05, 0) is 36.6 Å². The molecule has 3 atom stereocenters. The first-order chi connectivity index (χ1) is 18.0. The minimum absolute atomic E-state index is 0.0403. The second kappa shape index (κ2) is 9.48. The maximum absolute atomic E-state index is 12.1. The zero-order chi connectivity index (χ0) is 25.5. The maximum atomic E-state index is 12.1. The average Bonchev–Trinajstić information content (AvgIpc) is 3.41. The Hall–Kier alpha value is -3.98. The van der Waals surface area contributed by atoms with Crippen LogP contribution in [0.25, 0.3) is 5.69 Å². The van der Waals surface area contributed by atoms with Crippen LogP contribution in [0, 0.1) is 0 Å². The number of aromatic nitrogens is 5. The molecule has 0 amide bonds. The molecule has 2 aromatic carbocycles. The molecule has 1 aliphatic heterocycles. The summed E-state index contributed by atoms with van der Waals surface area (Å²) >= 11 is 0. The van der Waals surface area contributed by atoms with Gasteiger partial charge in [0.25, 0.3) is 0 Å². The Morgan fingerprint density at radius 2 is 2.03 bits per heavy atom. The van der Waals surface area contributed by atoms with E-state index in [2.05, 4.69) is 51.5 Å². The second-order valence-corrected chi connectivity index (χ2v) is 10.0. The fraction of sp³-hybridized carbons (Fsp3) is 0.357. The normalized spacial score (nSPS) is 21.2. The van der Waals surface area contributed by atoms with Gasteiger partial charge in [0.1, 0.15) is 17.4 Å². The number of benzene rings is 2. The zero-order valence-electron chi connectivity index (χ0n) is 21.0. The van der Waals surface area contributed by atoms with Gasteiger partial charge in [-0.15, -0.1) is 5.10 Å². The summed E-state index contributed by atoms with van der Waals surface area (Å²) in [5, 5.41) is 22.7. The van der Waals surface area contributed by atoms with Crippen molar-refractivity contribution in [2.24, 2.45) is 7.05 Å². The van der Waals surface area contributed by atoms with E-state index in [1.54, 1.807) is 9.36 Å². The summed E-state index contributed by atoms with van der Waals surface area (Å²) in [6.07, 6.45) is 5.27. The quantitative estimate of drug-likeness (QED) is 0.409. The molecule has 6 rings (SSSR count). The third kappa shape index (κ3) is 4.62. The van der Waals surface area contributed by atoms with E-state index in [9.17, 15) is 9.90 Å². The number of carbonyl (C=O) groups is 1. The van der Waals surface area contributed by atoms with Crippen LogP contribution in [-0.2, 0) is 20.1 Å². The molecular weight excluding hydrogens is 468 g/mol. The van der Waals surface area contributed by atoms with Gasteiger partial charge in [-0.1, -0.05) is 42.5 Å². The topological polar surface area (TPSA) is 98.3 Å². The van der Waals surface area contributed by atoms with Crippen molar-refractivity contribution in [1.29, 1.82) is 0 Å². The number of aryl methyl sites for hydroxylation is 1. The summed E-state index contributed by atoms with van der Waals surface area (Å²) in [5.74, 6) is 0.193. The Morgan fingerprint density at radius 1 is 1.16 bits per heavy atom. The molecule has 1 N–H and O–H groups in total. The lowest BCUT2D eigenvalue weighted by atomic mass is 10.1. The molecule has 1 saturated carbocycles. The lowest BCUT2D eigenvalue weighted by Gasteiger charge is -2.23. The van der Waals surface area contributed by atoms with E-state index in [-0.39, 0.29) is 23.5 Å². The lowest BCUT2D eigenvalue weighted by Crippen LogP contribution is -2.32. The summed E-state index contributed by atoms with van der Waals surface area (Å²) in [6, 6.07) is 16.5. The van der Waals surface area contributed by atoms with Crippen molar-refractivity contribution in [1.82, 2.24) is 29.7 Å². The molecule has 4 aromatic rings. The summed E-state index contributed by atoms with van der Waals surface area (Å²) in [6.45, 7) is 4.57. The average molecular weight is 499 g/mol. The van der Waals surface area contributed by atoms with Crippen LogP contribution in [0.15, 0.2) is 60.9 Å². The lowest BCUT2D eigenvalue weighted by molar-refractivity contribution is 0.0695. The van der Waals surface area contributed by atoms with Gasteiger partial charge in [0.05, 0.1) is 23.3 Å². The molecule has 9 heteroatoms. The highest BCUT2D eigenvalue weighted by molar-refractivity contribution is 5.89. The first-order valence-electron chi connectivity index (χ1n) is 12.7. The molecule has 0 saturated heterocycles. The van der Waals surface area contributed by atoms with Gasteiger partial charge in [-0.2, -0.15) is 5.10 Å². The number of hydrogen-bond acceptors (Lipinski definition) is 6. The van der Waals surface area contributed by atoms with E-state index in [1.165, 1.54) is 11.8 Å². The van der Waals surface area contributed by atoms with Gasteiger partial charge in [-0.3, -0.25) is 9.58 Å². The van der Waals surface area contributed by atoms with Crippen molar-refractivity contribution in [3.63, 3.8) is 0 Å². The number of hydrogen-bond donors (Lipinski definition) is 1. The van der Waals surface area contributed by atoms with E-state index < -0.39 is 5.97 Å². The molecule has 0 radical (unpaired) electrons. The minimum atomic E-state index is -0.962. The monoisotopic (exact) mass is 498 g/mol. The van der Waals surface area contributed by atoms with Gasteiger partial charge >= 0.3 is 5.97 Å². The largest absolute Gasteiger partial charge is 0.489 e. The molecule has 190 valence electrons. The third-order valence-corrected chi connectivity index (χ3v) is 7.32. The summed E-state index contributed by atoms with van der Waals surface area (Å²) in [7, 11) is 1.84. The van der Waals surface area contributed by atoms with Crippen LogP contribution in [0.3, 0.4) is 0 Å². The van der Waals surface area contributed by atoms with Crippen molar-refractivity contribution in [3.8, 4) is 11.4 Å². The van der Waals surface area contributed by atoms with E-state index in [1.807, 2.05) is 37.5 Å². The minimum Gasteiger partial charge on any atom is -0.489 e. The van der Waals surface area contributed by atoms with Gasteiger partial charge in [0.15, 0.2) is 0 Å². The first-order valence-corrected chi connectivity index (χ1v) is 12.7. The predicted octanol–water partition coefficient (Wildman–Crippen LogP) is 4.14. The predicted molar refractivity (Wildman–Crippen MR) is 137 cm³/mol. The molecule has 0 spiro atoms. The number of para-hydroxylation sites is 1. The highest BCUT2D eigenvalue weighted by atomic mass is 16.5. The number of rotatable bonds is 7. The molecule has 0 bridgehead atoms. The molecule has 1 fully saturated rings. The fourth-order valence-electron chi connectivity index (χ4n) is 5.38. The van der Waals surface area contributed by atoms with E-state index >= 15 is 0 Å². The Balaban J connectivity index is 1.28. The Labute approximate surface area is 215 Å². The van der Waals surface area contributed by atoms with Gasteiger partial charge in [0, 0.05) is 50.3 Å². The number of carboxylic acid groups (broad SMARTS) is 1. The molecule has 37 heavy (non-hydrogen) atoms. The van der Waals surface area contributed by atoms with Gasteiger partial charge in [0.2, 0.25) is 0 Å². The molecule has 9 nitrogen and oxygen atoms in total. The maximum Gasteiger partial charge on any atom is 0.339 e. The van der Waals surface area contributed by atoms with Crippen LogP contribution in [0.2, 0.25) is 0 Å². The Morgan fingerprint density at radius 3 is 2.81 bits per heavy atom. The number of ether oxygens (including phenoxy) is 1. The first kappa shape index (κ1) is 23.4. The molecule has 1 aliphatic carbocycles. The summed E-state index contributed by atoms with van der Waals surface area (Å²) in [4.78, 5) is 14.5. The molecule has 3 heterocycles. The van der Waals surface area contributed by atoms with Crippen LogP contribution in [0.1, 0.15) is 64.5 Å². The number of carboxylic acids is 1. The van der Waals surface area contributed by atoms with Crippen LogP contribution >= 0.6 is 0 Å². The molecule has 2 aliphatic rings. The molecular formula is C28H30N6O3. The number of nitrogens with zero attached hydrogens (tertiary/aromatic N) is 6. The van der Waals surface area contributed by atoms with Crippen molar-refractivity contribution in [2.45, 2.75) is 50.8 Å². The van der Waals surface area contributed by atoms with E-state index in [4.69, 9.17) is 4.74 Å². The third-order valence-electron chi connectivity index (χ3n) is 7.32. The van der Waals surface area contributed by atoms with Crippen LogP contribution in [0.4, 0.5) is 0 Å². The van der Waals surface area contributed by atoms with Crippen molar-refractivity contribution in [3.05, 3.63) is 89.0 Å². The zero-order valence-corrected chi connectivity index (χ0v) is 21.0. The highest BCUT2D eigenvalue weighted by Gasteiger charge is 2.46. The SMILES string of the molecule is CC[C@@H]1CN(Cc2cccc(-n3ncc(C(=O)O)c3C3C[C@H]3c3cn(C)nn3)c2)Cc2ccccc2O1. The Bertz CT molecular complexity index is 1440. The van der Waals surface area contributed by atoms with Crippen LogP contribution in [0.5, 0.6) is 5.75 Å². The van der Waals surface area contributed by atoms with Crippen molar-refractivity contribution < 1.29 is 14.6 Å². The highest BCUT2D eigenvalue weighted by Crippen LogP contribution is 2.55. The second-order valence-electron chi connectivity index (χ2n) is 10.0.